The van der Waals surface area contributed by atoms with Crippen molar-refractivity contribution in [2.45, 2.75) is 27.7 Å². The number of rotatable bonds is 5. The van der Waals surface area contributed by atoms with Gasteiger partial charge in [0.2, 0.25) is 0 Å². The molecule has 0 spiro atoms. The van der Waals surface area contributed by atoms with Crippen molar-refractivity contribution in [1.82, 2.24) is 4.90 Å². The number of carbonyl (C=O) groups excluding carboxylic acids is 2. The van der Waals surface area contributed by atoms with Gasteiger partial charge in [0.1, 0.15) is 0 Å². The first-order chi connectivity index (χ1) is 11.9. The van der Waals surface area contributed by atoms with Gasteiger partial charge in [0, 0.05) is 24.3 Å². The Morgan fingerprint density at radius 1 is 1.04 bits per heavy atom. The third-order valence-corrected chi connectivity index (χ3v) is 4.67. The second-order valence-electron chi connectivity index (χ2n) is 5.87. The molecule has 1 N–H and O–H groups in total. The molecule has 0 saturated heterocycles. The lowest BCUT2D eigenvalue weighted by molar-refractivity contribution is 0.0773. The number of carbonyl (C=O) groups is 2. The zero-order valence-electron chi connectivity index (χ0n) is 15.0. The van der Waals surface area contributed by atoms with Crippen LogP contribution in [0.25, 0.3) is 0 Å². The lowest BCUT2D eigenvalue weighted by Crippen LogP contribution is -2.30. The van der Waals surface area contributed by atoms with Crippen LogP contribution in [0.5, 0.6) is 0 Å². The van der Waals surface area contributed by atoms with Crippen LogP contribution in [0.1, 0.15) is 45.7 Å². The maximum absolute atomic E-state index is 12.5. The maximum atomic E-state index is 12.5. The van der Waals surface area contributed by atoms with Crippen LogP contribution < -0.4 is 5.32 Å². The summed E-state index contributed by atoms with van der Waals surface area (Å²) < 4.78 is 0. The van der Waals surface area contributed by atoms with Crippen molar-refractivity contribution in [3.63, 3.8) is 0 Å². The molecule has 132 valence electrons. The molecule has 0 radical (unpaired) electrons. The van der Waals surface area contributed by atoms with E-state index in [1.54, 1.807) is 29.2 Å². The Morgan fingerprint density at radius 2 is 1.72 bits per heavy atom. The summed E-state index contributed by atoms with van der Waals surface area (Å²) in [4.78, 5) is 26.6. The lowest BCUT2D eigenvalue weighted by atomic mass is 10.0. The third-order valence-electron chi connectivity index (χ3n) is 4.36. The van der Waals surface area contributed by atoms with E-state index in [1.807, 2.05) is 39.8 Å². The van der Waals surface area contributed by atoms with Crippen LogP contribution >= 0.6 is 11.6 Å². The van der Waals surface area contributed by atoms with Gasteiger partial charge in [0.25, 0.3) is 11.8 Å². The molecule has 0 heterocycles. The smallest absolute Gasteiger partial charge is 0.255 e. The number of amides is 2. The van der Waals surface area contributed by atoms with E-state index in [4.69, 9.17) is 11.6 Å². The number of anilines is 1. The third kappa shape index (κ3) is 4.20. The molecule has 25 heavy (non-hydrogen) atoms. The number of nitrogens with zero attached hydrogens (tertiary/aromatic N) is 1. The molecule has 0 aliphatic rings. The molecule has 0 bridgehead atoms. The molecule has 0 atom stereocenters. The topological polar surface area (TPSA) is 49.4 Å². The molecule has 0 saturated carbocycles. The average Bonchev–Trinajstić information content (AvgIpc) is 2.58. The van der Waals surface area contributed by atoms with Crippen LogP contribution in [0.3, 0.4) is 0 Å². The SMILES string of the molecule is CCN(CC)C(=O)c1ccc(NC(=O)c2cccc(C)c2C)cc1Cl. The van der Waals surface area contributed by atoms with Crippen molar-refractivity contribution < 1.29 is 9.59 Å². The Kier molecular flexibility index (Phi) is 6.21. The minimum atomic E-state index is -0.194. The van der Waals surface area contributed by atoms with E-state index in [2.05, 4.69) is 5.32 Å². The molecule has 0 fully saturated rings. The Hall–Kier alpha value is -2.33. The van der Waals surface area contributed by atoms with E-state index < -0.39 is 0 Å². The quantitative estimate of drug-likeness (QED) is 0.842. The fraction of sp³-hybridized carbons (Fsp3) is 0.300. The van der Waals surface area contributed by atoms with E-state index in [-0.39, 0.29) is 11.8 Å². The summed E-state index contributed by atoms with van der Waals surface area (Å²) in [5.41, 5.74) is 3.63. The average molecular weight is 359 g/mol. The standard InChI is InChI=1S/C20H23ClN2O2/c1-5-23(6-2)20(25)17-11-10-15(12-18(17)21)22-19(24)16-9-7-8-13(3)14(16)4/h7-12H,5-6H2,1-4H3,(H,22,24). The molecular formula is C20H23ClN2O2. The van der Waals surface area contributed by atoms with Gasteiger partial charge in [-0.25, -0.2) is 0 Å². The van der Waals surface area contributed by atoms with Crippen molar-refractivity contribution in [2.75, 3.05) is 18.4 Å². The number of benzene rings is 2. The zero-order chi connectivity index (χ0) is 18.6. The first kappa shape index (κ1) is 19.0. The van der Waals surface area contributed by atoms with Crippen LogP contribution in [-0.2, 0) is 0 Å². The summed E-state index contributed by atoms with van der Waals surface area (Å²) in [5, 5.41) is 3.17. The molecule has 0 aliphatic carbocycles. The minimum absolute atomic E-state index is 0.109. The van der Waals surface area contributed by atoms with Crippen molar-refractivity contribution in [3.05, 3.63) is 63.7 Å². The van der Waals surface area contributed by atoms with Crippen LogP contribution in [-0.4, -0.2) is 29.8 Å². The highest BCUT2D eigenvalue weighted by atomic mass is 35.5. The molecule has 0 aliphatic heterocycles. The van der Waals surface area contributed by atoms with Crippen LogP contribution in [0, 0.1) is 13.8 Å². The highest BCUT2D eigenvalue weighted by Crippen LogP contribution is 2.23. The van der Waals surface area contributed by atoms with E-state index in [0.717, 1.165) is 11.1 Å². The van der Waals surface area contributed by atoms with Gasteiger partial charge in [-0.3, -0.25) is 9.59 Å². The summed E-state index contributed by atoms with van der Waals surface area (Å²) >= 11 is 6.27. The predicted molar refractivity (Wildman–Crippen MR) is 103 cm³/mol. The predicted octanol–water partition coefficient (Wildman–Crippen LogP) is 4.69. The molecule has 2 amide bonds. The molecule has 2 aromatic rings. The van der Waals surface area contributed by atoms with Gasteiger partial charge in [-0.05, 0) is 63.1 Å². The van der Waals surface area contributed by atoms with Gasteiger partial charge in [-0.15, -0.1) is 0 Å². The van der Waals surface area contributed by atoms with E-state index in [0.29, 0.717) is 34.9 Å². The summed E-state index contributed by atoms with van der Waals surface area (Å²) in [6, 6.07) is 10.6. The lowest BCUT2D eigenvalue weighted by Gasteiger charge is -2.19. The summed E-state index contributed by atoms with van der Waals surface area (Å²) in [5.74, 6) is -0.303. The van der Waals surface area contributed by atoms with Gasteiger partial charge < -0.3 is 10.2 Å². The van der Waals surface area contributed by atoms with Crippen LogP contribution in [0.15, 0.2) is 36.4 Å². The van der Waals surface area contributed by atoms with Crippen LogP contribution in [0.4, 0.5) is 5.69 Å². The number of aryl methyl sites for hydroxylation is 1. The summed E-state index contributed by atoms with van der Waals surface area (Å²) in [6.07, 6.45) is 0. The molecule has 0 unspecified atom stereocenters. The second kappa shape index (κ2) is 8.17. The van der Waals surface area contributed by atoms with Crippen molar-refractivity contribution >= 4 is 29.1 Å². The maximum Gasteiger partial charge on any atom is 0.255 e. The van der Waals surface area contributed by atoms with E-state index >= 15 is 0 Å². The van der Waals surface area contributed by atoms with E-state index in [9.17, 15) is 9.59 Å². The highest BCUT2D eigenvalue weighted by molar-refractivity contribution is 6.34. The van der Waals surface area contributed by atoms with Crippen LogP contribution in [0.2, 0.25) is 5.02 Å². The van der Waals surface area contributed by atoms with Crippen molar-refractivity contribution in [3.8, 4) is 0 Å². The van der Waals surface area contributed by atoms with Gasteiger partial charge >= 0.3 is 0 Å². The Balaban J connectivity index is 2.22. The molecule has 2 rings (SSSR count). The first-order valence-corrected chi connectivity index (χ1v) is 8.73. The highest BCUT2D eigenvalue weighted by Gasteiger charge is 2.17. The van der Waals surface area contributed by atoms with E-state index in [1.165, 1.54) is 0 Å². The number of nitrogens with one attached hydrogen (secondary N) is 1. The van der Waals surface area contributed by atoms with Gasteiger partial charge in [0.05, 0.1) is 10.6 Å². The molecule has 4 nitrogen and oxygen atoms in total. The van der Waals surface area contributed by atoms with Crippen molar-refractivity contribution in [2.24, 2.45) is 0 Å². The second-order valence-corrected chi connectivity index (χ2v) is 6.28. The first-order valence-electron chi connectivity index (χ1n) is 8.35. The zero-order valence-corrected chi connectivity index (χ0v) is 15.8. The summed E-state index contributed by atoms with van der Waals surface area (Å²) in [7, 11) is 0. The van der Waals surface area contributed by atoms with Gasteiger partial charge in [-0.2, -0.15) is 0 Å². The summed E-state index contributed by atoms with van der Waals surface area (Å²) in [6.45, 7) is 8.98. The van der Waals surface area contributed by atoms with Gasteiger partial charge in [0.15, 0.2) is 0 Å². The molecule has 2 aromatic carbocycles. The Labute approximate surface area is 153 Å². The fourth-order valence-electron chi connectivity index (χ4n) is 2.64. The molecule has 0 aromatic heterocycles. The number of hydrogen-bond acceptors (Lipinski definition) is 2. The largest absolute Gasteiger partial charge is 0.339 e. The Morgan fingerprint density at radius 3 is 2.32 bits per heavy atom. The van der Waals surface area contributed by atoms with Gasteiger partial charge in [-0.1, -0.05) is 23.7 Å². The van der Waals surface area contributed by atoms with Crippen molar-refractivity contribution in [1.29, 1.82) is 0 Å². The minimum Gasteiger partial charge on any atom is -0.339 e. The number of hydrogen-bond donors (Lipinski definition) is 1. The molecular weight excluding hydrogens is 336 g/mol. The number of halogens is 1. The monoisotopic (exact) mass is 358 g/mol. The fourth-order valence-corrected chi connectivity index (χ4v) is 2.90. The Bertz CT molecular complexity index is 798. The molecule has 5 heteroatoms. The normalized spacial score (nSPS) is 10.4.